The maximum absolute atomic E-state index is 12.3. The largest absolute Gasteiger partial charge is 0.480 e. The number of benzene rings is 1. The molecule has 0 spiro atoms. The van der Waals surface area contributed by atoms with E-state index in [1.807, 2.05) is 4.90 Å². The molecule has 0 aromatic heterocycles. The molecule has 27 heavy (non-hydrogen) atoms. The summed E-state index contributed by atoms with van der Waals surface area (Å²) in [4.78, 5) is 25.4. The number of hydrogen-bond acceptors (Lipinski definition) is 5. The van der Waals surface area contributed by atoms with Crippen LogP contribution >= 0.6 is 0 Å². The molecule has 1 aromatic rings. The van der Waals surface area contributed by atoms with Gasteiger partial charge in [0.15, 0.2) is 9.84 Å². The van der Waals surface area contributed by atoms with Gasteiger partial charge in [0, 0.05) is 30.4 Å². The van der Waals surface area contributed by atoms with Crippen LogP contribution in [0.3, 0.4) is 0 Å². The predicted octanol–water partition coefficient (Wildman–Crippen LogP) is 1.29. The van der Waals surface area contributed by atoms with Gasteiger partial charge in [-0.05, 0) is 49.3 Å². The lowest BCUT2D eigenvalue weighted by atomic mass is 9.85. The summed E-state index contributed by atoms with van der Waals surface area (Å²) in [6, 6.07) is 6.84. The van der Waals surface area contributed by atoms with Crippen LogP contribution in [0.25, 0.3) is 0 Å². The van der Waals surface area contributed by atoms with E-state index in [2.05, 4.69) is 5.32 Å². The van der Waals surface area contributed by atoms with E-state index in [9.17, 15) is 18.0 Å². The molecule has 2 aliphatic rings. The van der Waals surface area contributed by atoms with Crippen LogP contribution in [-0.2, 0) is 20.4 Å². The van der Waals surface area contributed by atoms with Gasteiger partial charge in [0.1, 0.15) is 0 Å². The molecule has 0 heterocycles. The number of sulfone groups is 1. The number of aliphatic carboxylic acids is 1. The third-order valence-corrected chi connectivity index (χ3v) is 6.00. The smallest absolute Gasteiger partial charge is 0.317 e. The summed E-state index contributed by atoms with van der Waals surface area (Å²) in [6.45, 7) is 0.892. The molecule has 8 heteroatoms. The summed E-state index contributed by atoms with van der Waals surface area (Å²) in [7, 11) is -3.10. The average molecular weight is 394 g/mol. The van der Waals surface area contributed by atoms with E-state index in [0.29, 0.717) is 17.0 Å². The highest BCUT2D eigenvalue weighted by Crippen LogP contribution is 2.33. The van der Waals surface area contributed by atoms with Gasteiger partial charge in [0.05, 0.1) is 12.3 Å². The number of carboxylic acids is 1. The van der Waals surface area contributed by atoms with Crippen LogP contribution in [0.15, 0.2) is 24.3 Å². The van der Waals surface area contributed by atoms with Gasteiger partial charge in [-0.2, -0.15) is 0 Å². The van der Waals surface area contributed by atoms with Gasteiger partial charge in [0.25, 0.3) is 5.91 Å². The van der Waals surface area contributed by atoms with E-state index < -0.39 is 15.8 Å². The fourth-order valence-electron chi connectivity index (χ4n) is 3.48. The number of nitrogens with zero attached hydrogens (tertiary/aromatic N) is 1. The van der Waals surface area contributed by atoms with Gasteiger partial charge in [-0.3, -0.25) is 14.5 Å². The van der Waals surface area contributed by atoms with Crippen molar-refractivity contribution >= 4 is 21.7 Å². The second-order valence-corrected chi connectivity index (χ2v) is 9.97. The topological polar surface area (TPSA) is 104 Å². The molecule has 0 aliphatic heterocycles. The third-order valence-electron chi connectivity index (χ3n) is 5.14. The van der Waals surface area contributed by atoms with Crippen LogP contribution in [0.2, 0.25) is 0 Å². The fourth-order valence-corrected chi connectivity index (χ4v) is 4.27. The minimum Gasteiger partial charge on any atom is -0.480 e. The Morgan fingerprint density at radius 3 is 2.33 bits per heavy atom. The van der Waals surface area contributed by atoms with Crippen molar-refractivity contribution in [1.82, 2.24) is 10.2 Å². The Bertz CT molecular complexity index is 796. The molecule has 148 valence electrons. The zero-order chi connectivity index (χ0) is 19.6. The lowest BCUT2D eigenvalue weighted by Gasteiger charge is -2.42. The monoisotopic (exact) mass is 394 g/mol. The fraction of sp³-hybridized carbons (Fsp3) is 0.579. The lowest BCUT2D eigenvalue weighted by Crippen LogP contribution is -2.55. The Morgan fingerprint density at radius 2 is 1.81 bits per heavy atom. The van der Waals surface area contributed by atoms with E-state index in [0.717, 1.165) is 19.4 Å². The number of carbonyl (C=O) groups is 2. The Kier molecular flexibility index (Phi) is 5.86. The molecule has 0 radical (unpaired) electrons. The minimum absolute atomic E-state index is 0.0421. The van der Waals surface area contributed by atoms with Crippen molar-refractivity contribution in [2.24, 2.45) is 5.92 Å². The summed E-state index contributed by atoms with van der Waals surface area (Å²) < 4.78 is 22.6. The van der Waals surface area contributed by atoms with Crippen LogP contribution in [-0.4, -0.2) is 61.7 Å². The van der Waals surface area contributed by atoms with E-state index in [4.69, 9.17) is 5.11 Å². The zero-order valence-electron chi connectivity index (χ0n) is 15.4. The molecule has 0 atom stereocenters. The number of rotatable bonds is 9. The van der Waals surface area contributed by atoms with Crippen molar-refractivity contribution < 1.29 is 23.1 Å². The molecule has 0 bridgehead atoms. The maximum Gasteiger partial charge on any atom is 0.317 e. The highest BCUT2D eigenvalue weighted by molar-refractivity contribution is 7.89. The maximum atomic E-state index is 12.3. The number of nitrogens with one attached hydrogen (secondary N) is 1. The van der Waals surface area contributed by atoms with E-state index in [-0.39, 0.29) is 30.3 Å². The quantitative estimate of drug-likeness (QED) is 0.654. The van der Waals surface area contributed by atoms with Gasteiger partial charge < -0.3 is 10.4 Å². The number of carbonyl (C=O) groups excluding carboxylic acids is 1. The first-order valence-electron chi connectivity index (χ1n) is 9.23. The Morgan fingerprint density at radius 1 is 1.19 bits per heavy atom. The van der Waals surface area contributed by atoms with Crippen molar-refractivity contribution in [3.05, 3.63) is 35.4 Å². The molecule has 0 unspecified atom stereocenters. The molecule has 3 rings (SSSR count). The normalized spacial score (nSPS) is 22.3. The Labute approximate surface area is 159 Å². The van der Waals surface area contributed by atoms with Gasteiger partial charge in [-0.15, -0.1) is 0 Å². The van der Waals surface area contributed by atoms with Gasteiger partial charge in [0.2, 0.25) is 0 Å². The first-order chi connectivity index (χ1) is 12.7. The van der Waals surface area contributed by atoms with Crippen LogP contribution in [0.5, 0.6) is 0 Å². The minimum atomic E-state index is -3.10. The van der Waals surface area contributed by atoms with Gasteiger partial charge in [-0.1, -0.05) is 12.1 Å². The third kappa shape index (κ3) is 6.04. The number of hydrogen-bond donors (Lipinski definition) is 2. The van der Waals surface area contributed by atoms with Crippen molar-refractivity contribution in [1.29, 1.82) is 0 Å². The van der Waals surface area contributed by atoms with E-state index in [1.54, 1.807) is 24.3 Å². The van der Waals surface area contributed by atoms with Crippen LogP contribution < -0.4 is 5.32 Å². The Balaban J connectivity index is 1.48. The number of carboxylic acid groups (broad SMARTS) is 1. The van der Waals surface area contributed by atoms with Gasteiger partial charge in [-0.25, -0.2) is 8.42 Å². The molecule has 2 N–H and O–H groups in total. The SMILES string of the molecule is CS(=O)(=O)Cc1ccc(C(=O)NC2CC(N(CC(=O)O)CC3CC3)C2)cc1. The second kappa shape index (κ2) is 7.98. The standard InChI is InChI=1S/C19H26N2O5S/c1-27(25,26)12-14-4-6-15(7-5-14)19(24)20-16-8-17(9-16)21(11-18(22)23)10-13-2-3-13/h4-7,13,16-17H,2-3,8-12H2,1H3,(H,20,24)(H,22,23). The summed E-state index contributed by atoms with van der Waals surface area (Å²) >= 11 is 0. The lowest BCUT2D eigenvalue weighted by molar-refractivity contribution is -0.139. The summed E-state index contributed by atoms with van der Waals surface area (Å²) in [5.41, 5.74) is 1.15. The average Bonchev–Trinajstić information content (AvgIpc) is 3.32. The zero-order valence-corrected chi connectivity index (χ0v) is 16.2. The van der Waals surface area contributed by atoms with Crippen LogP contribution in [0.4, 0.5) is 0 Å². The van der Waals surface area contributed by atoms with Crippen LogP contribution in [0, 0.1) is 5.92 Å². The highest BCUT2D eigenvalue weighted by atomic mass is 32.2. The van der Waals surface area contributed by atoms with Crippen LogP contribution in [0.1, 0.15) is 41.6 Å². The highest BCUT2D eigenvalue weighted by Gasteiger charge is 2.37. The molecule has 1 amide bonds. The number of amides is 1. The molecular formula is C19H26N2O5S. The first-order valence-corrected chi connectivity index (χ1v) is 11.3. The molecule has 2 fully saturated rings. The predicted molar refractivity (Wildman–Crippen MR) is 101 cm³/mol. The second-order valence-electron chi connectivity index (χ2n) is 7.83. The van der Waals surface area contributed by atoms with Crippen molar-refractivity contribution in [2.75, 3.05) is 19.3 Å². The summed E-state index contributed by atoms with van der Waals surface area (Å²) in [6.07, 6.45) is 5.06. The Hall–Kier alpha value is -1.93. The first kappa shape index (κ1) is 19.8. The summed E-state index contributed by atoms with van der Waals surface area (Å²) in [5.74, 6) is -0.406. The molecule has 7 nitrogen and oxygen atoms in total. The van der Waals surface area contributed by atoms with Crippen molar-refractivity contribution in [3.63, 3.8) is 0 Å². The molecule has 1 aromatic carbocycles. The molecule has 2 aliphatic carbocycles. The molecule has 2 saturated carbocycles. The van der Waals surface area contributed by atoms with E-state index in [1.165, 1.54) is 19.1 Å². The van der Waals surface area contributed by atoms with Crippen molar-refractivity contribution in [2.45, 2.75) is 43.5 Å². The van der Waals surface area contributed by atoms with Crippen molar-refractivity contribution in [3.8, 4) is 0 Å². The molecule has 0 saturated heterocycles. The van der Waals surface area contributed by atoms with Gasteiger partial charge >= 0.3 is 5.97 Å². The van der Waals surface area contributed by atoms with E-state index >= 15 is 0 Å². The molecular weight excluding hydrogens is 368 g/mol. The summed E-state index contributed by atoms with van der Waals surface area (Å²) in [5, 5.41) is 12.1.